The van der Waals surface area contributed by atoms with E-state index in [-0.39, 0.29) is 36.1 Å². The molecule has 2 rings (SSSR count). The minimum atomic E-state index is -0.509. The smallest absolute Gasteiger partial charge is 0.239 e. The number of carbonyl (C=O) groups excluding carboxylic acids is 2. The van der Waals surface area contributed by atoms with Gasteiger partial charge >= 0.3 is 0 Å². The van der Waals surface area contributed by atoms with E-state index in [1.807, 2.05) is 19.9 Å². The second-order valence-electron chi connectivity index (χ2n) is 6.24. The zero-order valence-corrected chi connectivity index (χ0v) is 16.3. The SMILES string of the molecule is CC(C)[C@H](N)C(=O)N1CCCC(C(=O)Nc2ccc(Br)cn2)C1.Cl. The summed E-state index contributed by atoms with van der Waals surface area (Å²) in [7, 11) is 0. The van der Waals surface area contributed by atoms with Crippen LogP contribution in [0.15, 0.2) is 22.8 Å². The Balaban J connectivity index is 0.00000288. The molecule has 1 aromatic rings. The number of nitrogens with zero attached hydrogens (tertiary/aromatic N) is 2. The van der Waals surface area contributed by atoms with E-state index in [2.05, 4.69) is 26.2 Å². The molecule has 0 spiro atoms. The topological polar surface area (TPSA) is 88.3 Å². The van der Waals surface area contributed by atoms with Crippen LogP contribution >= 0.6 is 28.3 Å². The van der Waals surface area contributed by atoms with Crippen molar-refractivity contribution in [3.63, 3.8) is 0 Å². The zero-order valence-electron chi connectivity index (χ0n) is 13.9. The van der Waals surface area contributed by atoms with Crippen LogP contribution in [-0.4, -0.2) is 40.8 Å². The average molecular weight is 420 g/mol. The van der Waals surface area contributed by atoms with E-state index in [0.29, 0.717) is 18.9 Å². The van der Waals surface area contributed by atoms with Crippen LogP contribution in [0.4, 0.5) is 5.82 Å². The second kappa shape index (κ2) is 9.34. The van der Waals surface area contributed by atoms with E-state index in [1.54, 1.807) is 17.2 Å². The van der Waals surface area contributed by atoms with Gasteiger partial charge in [-0.1, -0.05) is 13.8 Å². The number of piperidine rings is 1. The molecule has 1 aromatic heterocycles. The summed E-state index contributed by atoms with van der Waals surface area (Å²) in [6, 6.07) is 3.05. The number of halogens is 2. The number of aromatic nitrogens is 1. The fourth-order valence-corrected chi connectivity index (χ4v) is 2.80. The summed E-state index contributed by atoms with van der Waals surface area (Å²) >= 11 is 3.31. The van der Waals surface area contributed by atoms with Gasteiger partial charge in [-0.25, -0.2) is 4.98 Å². The van der Waals surface area contributed by atoms with Gasteiger partial charge < -0.3 is 16.0 Å². The maximum absolute atomic E-state index is 12.4. The van der Waals surface area contributed by atoms with Crippen molar-refractivity contribution in [3.8, 4) is 0 Å². The third-order valence-electron chi connectivity index (χ3n) is 4.09. The minimum absolute atomic E-state index is 0. The molecule has 1 unspecified atom stereocenters. The number of nitrogens with one attached hydrogen (secondary N) is 1. The van der Waals surface area contributed by atoms with E-state index in [0.717, 1.165) is 17.3 Å². The summed E-state index contributed by atoms with van der Waals surface area (Å²) in [5.74, 6) is 0.205. The lowest BCUT2D eigenvalue weighted by Gasteiger charge is -2.34. The highest BCUT2D eigenvalue weighted by Crippen LogP contribution is 2.20. The molecule has 1 aliphatic heterocycles. The first-order valence-corrected chi connectivity index (χ1v) is 8.64. The molecule has 1 fully saturated rings. The van der Waals surface area contributed by atoms with Gasteiger partial charge in [-0.2, -0.15) is 0 Å². The summed E-state index contributed by atoms with van der Waals surface area (Å²) in [5, 5.41) is 2.81. The molecule has 0 saturated carbocycles. The molecule has 6 nitrogen and oxygen atoms in total. The number of rotatable bonds is 4. The first-order chi connectivity index (χ1) is 10.9. The summed E-state index contributed by atoms with van der Waals surface area (Å²) in [6.07, 6.45) is 3.21. The third-order valence-corrected chi connectivity index (χ3v) is 4.55. The molecule has 2 heterocycles. The molecule has 2 amide bonds. The third kappa shape index (κ3) is 5.43. The first kappa shape index (κ1) is 20.9. The van der Waals surface area contributed by atoms with E-state index >= 15 is 0 Å². The molecule has 0 radical (unpaired) electrons. The number of likely N-dealkylation sites (tertiary alicyclic amines) is 1. The van der Waals surface area contributed by atoms with Crippen molar-refractivity contribution in [2.24, 2.45) is 17.6 Å². The molecule has 0 aliphatic carbocycles. The largest absolute Gasteiger partial charge is 0.341 e. The van der Waals surface area contributed by atoms with Crippen molar-refractivity contribution in [2.75, 3.05) is 18.4 Å². The van der Waals surface area contributed by atoms with Crippen LogP contribution in [0, 0.1) is 11.8 Å². The van der Waals surface area contributed by atoms with Crippen molar-refractivity contribution >= 4 is 46.0 Å². The van der Waals surface area contributed by atoms with Gasteiger partial charge in [0.05, 0.1) is 12.0 Å². The fraction of sp³-hybridized carbons (Fsp3) is 0.562. The van der Waals surface area contributed by atoms with Crippen LogP contribution in [0.25, 0.3) is 0 Å². The van der Waals surface area contributed by atoms with Crippen LogP contribution in [0.3, 0.4) is 0 Å². The van der Waals surface area contributed by atoms with Crippen molar-refractivity contribution in [3.05, 3.63) is 22.8 Å². The molecule has 134 valence electrons. The van der Waals surface area contributed by atoms with Gasteiger partial charge in [0.25, 0.3) is 0 Å². The molecule has 3 N–H and O–H groups in total. The van der Waals surface area contributed by atoms with E-state index in [9.17, 15) is 9.59 Å². The Bertz CT molecular complexity index is 568. The van der Waals surface area contributed by atoms with Gasteiger partial charge in [-0.15, -0.1) is 12.4 Å². The lowest BCUT2D eigenvalue weighted by molar-refractivity contribution is -0.136. The molecule has 0 bridgehead atoms. The molecular formula is C16H24BrClN4O2. The highest BCUT2D eigenvalue weighted by molar-refractivity contribution is 9.10. The van der Waals surface area contributed by atoms with Crippen molar-refractivity contribution < 1.29 is 9.59 Å². The number of hydrogen-bond acceptors (Lipinski definition) is 4. The van der Waals surface area contributed by atoms with Gasteiger partial charge in [0.2, 0.25) is 11.8 Å². The Hall–Kier alpha value is -1.18. The van der Waals surface area contributed by atoms with Gasteiger partial charge in [0.15, 0.2) is 0 Å². The summed E-state index contributed by atoms with van der Waals surface area (Å²) in [6.45, 7) is 4.94. The Labute approximate surface area is 157 Å². The fourth-order valence-electron chi connectivity index (χ4n) is 2.57. The molecule has 8 heteroatoms. The maximum atomic E-state index is 12.4. The minimum Gasteiger partial charge on any atom is -0.341 e. The number of amides is 2. The lowest BCUT2D eigenvalue weighted by atomic mass is 9.95. The molecule has 1 saturated heterocycles. The van der Waals surface area contributed by atoms with Crippen LogP contribution in [0.2, 0.25) is 0 Å². The molecule has 0 aromatic carbocycles. The normalized spacial score (nSPS) is 18.7. The number of pyridine rings is 1. The number of carbonyl (C=O) groups is 2. The maximum Gasteiger partial charge on any atom is 0.239 e. The van der Waals surface area contributed by atoms with Crippen molar-refractivity contribution in [1.82, 2.24) is 9.88 Å². The zero-order chi connectivity index (χ0) is 17.0. The van der Waals surface area contributed by atoms with Gasteiger partial charge in [0, 0.05) is 23.8 Å². The van der Waals surface area contributed by atoms with E-state index < -0.39 is 6.04 Å². The summed E-state index contributed by atoms with van der Waals surface area (Å²) in [5.41, 5.74) is 5.94. The van der Waals surface area contributed by atoms with Crippen molar-refractivity contribution in [1.29, 1.82) is 0 Å². The van der Waals surface area contributed by atoms with Gasteiger partial charge in [-0.3, -0.25) is 9.59 Å². The second-order valence-corrected chi connectivity index (χ2v) is 7.16. The van der Waals surface area contributed by atoms with Crippen LogP contribution in [-0.2, 0) is 9.59 Å². The van der Waals surface area contributed by atoms with E-state index in [1.165, 1.54) is 0 Å². The highest BCUT2D eigenvalue weighted by atomic mass is 79.9. The Morgan fingerprint density at radius 1 is 1.42 bits per heavy atom. The Morgan fingerprint density at radius 3 is 2.71 bits per heavy atom. The van der Waals surface area contributed by atoms with Crippen molar-refractivity contribution in [2.45, 2.75) is 32.7 Å². The van der Waals surface area contributed by atoms with Crippen LogP contribution < -0.4 is 11.1 Å². The first-order valence-electron chi connectivity index (χ1n) is 7.85. The van der Waals surface area contributed by atoms with Gasteiger partial charge in [-0.05, 0) is 46.8 Å². The Kier molecular flexibility index (Phi) is 8.12. The van der Waals surface area contributed by atoms with E-state index in [4.69, 9.17) is 5.73 Å². The summed E-state index contributed by atoms with van der Waals surface area (Å²) in [4.78, 5) is 30.6. The molecule has 1 aliphatic rings. The monoisotopic (exact) mass is 418 g/mol. The lowest BCUT2D eigenvalue weighted by Crippen LogP contribution is -2.51. The Morgan fingerprint density at radius 2 is 2.12 bits per heavy atom. The average Bonchev–Trinajstić information content (AvgIpc) is 2.55. The molecular weight excluding hydrogens is 396 g/mol. The predicted octanol–water partition coefficient (Wildman–Crippen LogP) is 2.43. The standard InChI is InChI=1S/C16H23BrN4O2.ClH/c1-10(2)14(18)16(23)21-7-3-4-11(9-21)15(22)20-13-6-5-12(17)8-19-13;/h5-6,8,10-11,14H,3-4,7,9,18H2,1-2H3,(H,19,20,22);1H/t11?,14-;/m0./s1. The quantitative estimate of drug-likeness (QED) is 0.784. The predicted molar refractivity (Wildman–Crippen MR) is 99.9 cm³/mol. The molecule has 24 heavy (non-hydrogen) atoms. The number of nitrogens with two attached hydrogens (primary N) is 1. The number of hydrogen-bond donors (Lipinski definition) is 2. The summed E-state index contributed by atoms with van der Waals surface area (Å²) < 4.78 is 0.854. The van der Waals surface area contributed by atoms with Crippen LogP contribution in [0.5, 0.6) is 0 Å². The molecule has 2 atom stereocenters. The highest BCUT2D eigenvalue weighted by Gasteiger charge is 2.31. The number of anilines is 1. The van der Waals surface area contributed by atoms with Crippen LogP contribution in [0.1, 0.15) is 26.7 Å². The van der Waals surface area contributed by atoms with Gasteiger partial charge in [0.1, 0.15) is 5.82 Å².